The van der Waals surface area contributed by atoms with E-state index in [4.69, 9.17) is 9.26 Å². The van der Waals surface area contributed by atoms with E-state index in [0.29, 0.717) is 34.3 Å². The average molecular weight is 477 g/mol. The highest BCUT2D eigenvalue weighted by atomic mass is 32.1. The molecule has 0 bridgehead atoms. The summed E-state index contributed by atoms with van der Waals surface area (Å²) in [6, 6.07) is 16.5. The van der Waals surface area contributed by atoms with Crippen LogP contribution in [-0.4, -0.2) is 28.2 Å². The second-order valence-electron chi connectivity index (χ2n) is 7.73. The van der Waals surface area contributed by atoms with Gasteiger partial charge in [-0.15, -0.1) is 11.3 Å². The normalized spacial score (nSPS) is 16.0. The topological polar surface area (TPSA) is 80.5 Å². The van der Waals surface area contributed by atoms with Crippen LogP contribution in [-0.2, 0) is 6.54 Å². The molecule has 1 unspecified atom stereocenters. The van der Waals surface area contributed by atoms with Crippen molar-refractivity contribution in [3.05, 3.63) is 94.6 Å². The Balaban J connectivity index is 1.60. The van der Waals surface area contributed by atoms with E-state index in [1.54, 1.807) is 24.1 Å². The third-order valence-electron chi connectivity index (χ3n) is 5.72. The van der Waals surface area contributed by atoms with Crippen molar-refractivity contribution in [1.82, 2.24) is 20.4 Å². The molecule has 0 fully saturated rings. The van der Waals surface area contributed by atoms with Gasteiger partial charge in [0.1, 0.15) is 11.6 Å². The maximum Gasteiger partial charge on any atom is 0.322 e. The second-order valence-corrected chi connectivity index (χ2v) is 8.68. The lowest BCUT2D eigenvalue weighted by Gasteiger charge is -2.35. The lowest BCUT2D eigenvalue weighted by molar-refractivity contribution is 0.202. The number of halogens is 1. The number of para-hydroxylation sites is 1. The monoisotopic (exact) mass is 476 g/mol. The van der Waals surface area contributed by atoms with Crippen molar-refractivity contribution in [3.63, 3.8) is 0 Å². The minimum atomic E-state index is -0.585. The van der Waals surface area contributed by atoms with Gasteiger partial charge >= 0.3 is 6.03 Å². The highest BCUT2D eigenvalue weighted by molar-refractivity contribution is 7.13. The Kier molecular flexibility index (Phi) is 5.85. The van der Waals surface area contributed by atoms with Gasteiger partial charge in [0, 0.05) is 11.3 Å². The molecular formula is C25H21FN4O3S. The number of benzene rings is 2. The van der Waals surface area contributed by atoms with Gasteiger partial charge in [0.25, 0.3) is 5.89 Å². The van der Waals surface area contributed by atoms with Crippen molar-refractivity contribution < 1.29 is 18.4 Å². The maximum absolute atomic E-state index is 13.6. The van der Waals surface area contributed by atoms with Crippen LogP contribution in [0.5, 0.6) is 5.75 Å². The summed E-state index contributed by atoms with van der Waals surface area (Å²) in [5.41, 5.74) is 2.86. The average Bonchev–Trinajstić information content (AvgIpc) is 3.54. The first-order chi connectivity index (χ1) is 16.5. The van der Waals surface area contributed by atoms with Crippen molar-refractivity contribution >= 4 is 22.9 Å². The molecule has 0 spiro atoms. The molecule has 172 valence electrons. The van der Waals surface area contributed by atoms with E-state index in [1.165, 1.54) is 23.5 Å². The zero-order chi connectivity index (χ0) is 23.7. The number of aromatic nitrogens is 2. The summed E-state index contributed by atoms with van der Waals surface area (Å²) in [5, 5.41) is 9.11. The number of carbonyl (C=O) groups excluding carboxylic acids is 1. The molecule has 4 aromatic rings. The third-order valence-corrected chi connectivity index (χ3v) is 6.58. The lowest BCUT2D eigenvalue weighted by Crippen LogP contribution is -2.45. The fourth-order valence-electron chi connectivity index (χ4n) is 4.00. The minimum Gasteiger partial charge on any atom is -0.496 e. The Bertz CT molecular complexity index is 1350. The predicted octanol–water partition coefficient (Wildman–Crippen LogP) is 5.64. The Morgan fingerprint density at radius 2 is 1.94 bits per heavy atom. The Morgan fingerprint density at radius 1 is 1.15 bits per heavy atom. The summed E-state index contributed by atoms with van der Waals surface area (Å²) >= 11 is 1.51. The quantitative estimate of drug-likeness (QED) is 0.389. The summed E-state index contributed by atoms with van der Waals surface area (Å²) in [6.45, 7) is 2.13. The molecule has 2 amide bonds. The van der Waals surface area contributed by atoms with Gasteiger partial charge < -0.3 is 14.6 Å². The molecule has 34 heavy (non-hydrogen) atoms. The van der Waals surface area contributed by atoms with E-state index in [2.05, 4.69) is 15.5 Å². The molecule has 1 aliphatic rings. The number of hydrogen-bond acceptors (Lipinski definition) is 6. The molecule has 1 N–H and O–H groups in total. The summed E-state index contributed by atoms with van der Waals surface area (Å²) < 4.78 is 24.7. The zero-order valence-corrected chi connectivity index (χ0v) is 19.3. The Hall–Kier alpha value is -3.98. The fourth-order valence-corrected chi connectivity index (χ4v) is 4.65. The molecule has 0 aliphatic carbocycles. The van der Waals surface area contributed by atoms with Gasteiger partial charge in [0.05, 0.1) is 30.1 Å². The van der Waals surface area contributed by atoms with Crippen LogP contribution in [0.3, 0.4) is 0 Å². The lowest BCUT2D eigenvalue weighted by atomic mass is 9.94. The number of thiophene rings is 1. The number of carbonyl (C=O) groups is 1. The van der Waals surface area contributed by atoms with E-state index >= 15 is 0 Å². The van der Waals surface area contributed by atoms with Gasteiger partial charge in [0.15, 0.2) is 0 Å². The molecule has 0 saturated carbocycles. The molecule has 0 saturated heterocycles. The Morgan fingerprint density at radius 3 is 2.68 bits per heavy atom. The van der Waals surface area contributed by atoms with Crippen LogP contribution < -0.4 is 10.1 Å². The van der Waals surface area contributed by atoms with Crippen LogP contribution in [0.1, 0.15) is 30.0 Å². The molecule has 5 rings (SSSR count). The summed E-state index contributed by atoms with van der Waals surface area (Å²) in [5.74, 6) is 1.09. The van der Waals surface area contributed by atoms with Crippen LogP contribution in [0.4, 0.5) is 9.18 Å². The number of hydrogen-bond donors (Lipinski definition) is 1. The van der Waals surface area contributed by atoms with Crippen molar-refractivity contribution in [2.45, 2.75) is 19.5 Å². The molecule has 1 aliphatic heterocycles. The van der Waals surface area contributed by atoms with E-state index < -0.39 is 6.04 Å². The van der Waals surface area contributed by atoms with Gasteiger partial charge in [-0.25, -0.2) is 9.18 Å². The first-order valence-electron chi connectivity index (χ1n) is 10.6. The van der Waals surface area contributed by atoms with Gasteiger partial charge in [-0.3, -0.25) is 4.90 Å². The SMILES string of the molecule is COc1ccccc1CN1C(=O)NC(c2ccc(F)cc2)C(c2nc(-c3cccs3)no2)=C1C. The Labute approximate surface area is 199 Å². The van der Waals surface area contributed by atoms with Crippen LogP contribution >= 0.6 is 11.3 Å². The van der Waals surface area contributed by atoms with Gasteiger partial charge in [0.2, 0.25) is 5.82 Å². The van der Waals surface area contributed by atoms with Crippen LogP contribution in [0.25, 0.3) is 16.3 Å². The summed E-state index contributed by atoms with van der Waals surface area (Å²) in [4.78, 5) is 20.3. The molecule has 2 aromatic heterocycles. The number of methoxy groups -OCH3 is 1. The second kappa shape index (κ2) is 9.11. The first kappa shape index (κ1) is 21.8. The van der Waals surface area contributed by atoms with E-state index in [-0.39, 0.29) is 18.4 Å². The molecule has 7 nitrogen and oxygen atoms in total. The minimum absolute atomic E-state index is 0.285. The van der Waals surface area contributed by atoms with Crippen LogP contribution in [0.2, 0.25) is 0 Å². The van der Waals surface area contributed by atoms with Crippen molar-refractivity contribution in [2.24, 2.45) is 0 Å². The number of allylic oxidation sites excluding steroid dienone is 1. The number of nitrogens with zero attached hydrogens (tertiary/aromatic N) is 3. The number of amides is 2. The van der Waals surface area contributed by atoms with Gasteiger partial charge in [-0.2, -0.15) is 4.98 Å². The van der Waals surface area contributed by atoms with Crippen molar-refractivity contribution in [3.8, 4) is 16.5 Å². The number of ether oxygens (including phenoxy) is 1. The molecule has 2 aromatic carbocycles. The standard InChI is InChI=1S/C25H21FN4O3S/c1-15-21(24-28-23(29-33-24)20-8-5-13-34-20)22(16-9-11-18(26)12-10-16)27-25(31)30(15)14-17-6-3-4-7-19(17)32-2/h3-13,22H,14H2,1-2H3,(H,27,31). The summed E-state index contributed by atoms with van der Waals surface area (Å²) in [6.07, 6.45) is 0. The number of rotatable bonds is 6. The molecule has 9 heteroatoms. The highest BCUT2D eigenvalue weighted by Gasteiger charge is 2.36. The van der Waals surface area contributed by atoms with Gasteiger partial charge in [-0.05, 0) is 42.1 Å². The van der Waals surface area contributed by atoms with E-state index in [0.717, 1.165) is 10.4 Å². The van der Waals surface area contributed by atoms with Gasteiger partial charge in [-0.1, -0.05) is 41.6 Å². The summed E-state index contributed by atoms with van der Waals surface area (Å²) in [7, 11) is 1.60. The molecule has 0 radical (unpaired) electrons. The highest BCUT2D eigenvalue weighted by Crippen LogP contribution is 2.38. The fraction of sp³-hybridized carbons (Fsp3) is 0.160. The van der Waals surface area contributed by atoms with E-state index in [9.17, 15) is 9.18 Å². The van der Waals surface area contributed by atoms with Crippen LogP contribution in [0, 0.1) is 5.82 Å². The first-order valence-corrected chi connectivity index (χ1v) is 11.5. The third kappa shape index (κ3) is 4.06. The molecule has 1 atom stereocenters. The maximum atomic E-state index is 13.6. The van der Waals surface area contributed by atoms with Crippen LogP contribution in [0.15, 0.2) is 76.3 Å². The zero-order valence-electron chi connectivity index (χ0n) is 18.5. The largest absolute Gasteiger partial charge is 0.496 e. The van der Waals surface area contributed by atoms with E-state index in [1.807, 2.05) is 48.7 Å². The van der Waals surface area contributed by atoms with Crippen molar-refractivity contribution in [2.75, 3.05) is 7.11 Å². The van der Waals surface area contributed by atoms with Crippen molar-refractivity contribution in [1.29, 1.82) is 0 Å². The smallest absolute Gasteiger partial charge is 0.322 e. The predicted molar refractivity (Wildman–Crippen MR) is 126 cm³/mol. The number of urea groups is 1. The number of nitrogens with one attached hydrogen (secondary N) is 1. The molecule has 3 heterocycles. The molecular weight excluding hydrogens is 455 g/mol.